The molecule has 0 N–H and O–H groups in total. The number of benzene rings is 2. The van der Waals surface area contributed by atoms with Gasteiger partial charge >= 0.3 is 0 Å². The van der Waals surface area contributed by atoms with Crippen molar-refractivity contribution in [3.8, 4) is 11.5 Å². The maximum Gasteiger partial charge on any atom is 0.125 e. The number of ether oxygens (including phenoxy) is 3. The summed E-state index contributed by atoms with van der Waals surface area (Å²) >= 11 is 5.81. The molecule has 5 atom stereocenters. The number of thiol groups is 1. The summed E-state index contributed by atoms with van der Waals surface area (Å²) in [6.45, 7) is 17.4. The Morgan fingerprint density at radius 3 is 2.17 bits per heavy atom. The zero-order chi connectivity index (χ0) is 29.1. The molecule has 2 saturated carbocycles. The molecule has 3 nitrogen and oxygen atoms in total. The summed E-state index contributed by atoms with van der Waals surface area (Å²) in [5.41, 5.74) is 8.87. The van der Waals surface area contributed by atoms with Gasteiger partial charge in [0.25, 0.3) is 0 Å². The lowest BCUT2D eigenvalue weighted by Gasteiger charge is -2.45. The minimum absolute atomic E-state index is 0.241. The van der Waals surface area contributed by atoms with Gasteiger partial charge in [0.05, 0.1) is 18.0 Å². The highest BCUT2D eigenvalue weighted by molar-refractivity contribution is 7.81. The van der Waals surface area contributed by atoms with Crippen molar-refractivity contribution >= 4 is 12.6 Å². The molecule has 0 amide bonds. The average molecular weight is 575 g/mol. The maximum absolute atomic E-state index is 6.45. The number of rotatable bonds is 13. The molecule has 0 bridgehead atoms. The van der Waals surface area contributed by atoms with Crippen LogP contribution >= 0.6 is 12.6 Å². The average Bonchev–Trinajstić information content (AvgIpc) is 3.90. The van der Waals surface area contributed by atoms with E-state index in [2.05, 4.69) is 77.6 Å². The molecule has 2 aromatic rings. The van der Waals surface area contributed by atoms with Gasteiger partial charge in [-0.05, 0) is 98.1 Å². The SMILES string of the molecule is C=C1CC1COc1c(C)cc(C(S)(c2cc(C)c(OCC3CO3)c(CCC)c2)C2CCCCC2/C=C/C)cc1CC. The van der Waals surface area contributed by atoms with Crippen LogP contribution in [0.5, 0.6) is 11.5 Å². The number of hydrogen-bond acceptors (Lipinski definition) is 4. The lowest BCUT2D eigenvalue weighted by Crippen LogP contribution is -2.38. The van der Waals surface area contributed by atoms with E-state index in [1.165, 1.54) is 64.6 Å². The van der Waals surface area contributed by atoms with E-state index in [-0.39, 0.29) is 6.10 Å². The largest absolute Gasteiger partial charge is 0.492 e. The molecule has 0 spiro atoms. The van der Waals surface area contributed by atoms with Crippen molar-refractivity contribution in [2.45, 2.75) is 96.8 Å². The molecule has 2 aromatic carbocycles. The zero-order valence-electron chi connectivity index (χ0n) is 25.9. The Morgan fingerprint density at radius 1 is 0.976 bits per heavy atom. The summed E-state index contributed by atoms with van der Waals surface area (Å²) in [7, 11) is 0. The molecule has 4 heteroatoms. The first kappa shape index (κ1) is 30.3. The molecule has 41 heavy (non-hydrogen) atoms. The van der Waals surface area contributed by atoms with Gasteiger partial charge in [-0.15, -0.1) is 0 Å². The van der Waals surface area contributed by atoms with Crippen molar-refractivity contribution in [1.82, 2.24) is 0 Å². The van der Waals surface area contributed by atoms with Crippen molar-refractivity contribution in [3.63, 3.8) is 0 Å². The predicted molar refractivity (Wildman–Crippen MR) is 174 cm³/mol. The summed E-state index contributed by atoms with van der Waals surface area (Å²) in [4.78, 5) is 0. The van der Waals surface area contributed by atoms with Crippen LogP contribution in [0.3, 0.4) is 0 Å². The van der Waals surface area contributed by atoms with Gasteiger partial charge in [-0.25, -0.2) is 0 Å². The minimum atomic E-state index is -0.437. The summed E-state index contributed by atoms with van der Waals surface area (Å²) in [6.07, 6.45) is 13.9. The van der Waals surface area contributed by atoms with E-state index >= 15 is 0 Å². The third-order valence-corrected chi connectivity index (χ3v) is 10.3. The third-order valence-electron chi connectivity index (χ3n) is 9.45. The molecule has 5 rings (SSSR count). The highest BCUT2D eigenvalue weighted by Gasteiger charge is 2.44. The minimum Gasteiger partial charge on any atom is -0.492 e. The van der Waals surface area contributed by atoms with Gasteiger partial charge < -0.3 is 14.2 Å². The molecule has 3 aliphatic rings. The topological polar surface area (TPSA) is 31.0 Å². The van der Waals surface area contributed by atoms with E-state index in [0.29, 0.717) is 24.4 Å². The molecule has 1 aliphatic heterocycles. The second kappa shape index (κ2) is 13.0. The molecule has 5 unspecified atom stereocenters. The van der Waals surface area contributed by atoms with E-state index in [0.717, 1.165) is 50.4 Å². The van der Waals surface area contributed by atoms with Crippen molar-refractivity contribution in [3.05, 3.63) is 82.0 Å². The predicted octanol–water partition coefficient (Wildman–Crippen LogP) is 9.11. The molecular formula is C37H50O3S. The molecule has 0 radical (unpaired) electrons. The van der Waals surface area contributed by atoms with Crippen LogP contribution in [0.1, 0.15) is 92.7 Å². The highest BCUT2D eigenvalue weighted by Crippen LogP contribution is 2.53. The number of epoxide rings is 1. The van der Waals surface area contributed by atoms with Crippen molar-refractivity contribution < 1.29 is 14.2 Å². The van der Waals surface area contributed by atoms with Crippen molar-refractivity contribution in [2.75, 3.05) is 19.8 Å². The molecule has 0 aromatic heterocycles. The van der Waals surface area contributed by atoms with Crippen molar-refractivity contribution in [2.24, 2.45) is 17.8 Å². The van der Waals surface area contributed by atoms with E-state index in [9.17, 15) is 0 Å². The molecular weight excluding hydrogens is 524 g/mol. The van der Waals surface area contributed by atoms with Crippen LogP contribution < -0.4 is 9.47 Å². The lowest BCUT2D eigenvalue weighted by molar-refractivity contribution is 0.241. The Hall–Kier alpha value is -2.17. The van der Waals surface area contributed by atoms with E-state index in [4.69, 9.17) is 26.8 Å². The third kappa shape index (κ3) is 6.59. The van der Waals surface area contributed by atoms with Gasteiger partial charge in [0.15, 0.2) is 0 Å². The Bertz CT molecular complexity index is 1280. The second-order valence-corrected chi connectivity index (χ2v) is 13.4. The zero-order valence-corrected chi connectivity index (χ0v) is 26.8. The highest BCUT2D eigenvalue weighted by atomic mass is 32.1. The van der Waals surface area contributed by atoms with Crippen LogP contribution in [0.2, 0.25) is 0 Å². The Kier molecular flexibility index (Phi) is 9.60. The Labute approximate surface area is 254 Å². The van der Waals surface area contributed by atoms with Crippen LogP contribution in [0, 0.1) is 31.6 Å². The molecule has 1 heterocycles. The Balaban J connectivity index is 1.62. The molecule has 3 fully saturated rings. The smallest absolute Gasteiger partial charge is 0.125 e. The second-order valence-electron chi connectivity index (χ2n) is 12.6. The van der Waals surface area contributed by atoms with Crippen LogP contribution in [0.4, 0.5) is 0 Å². The summed E-state index contributed by atoms with van der Waals surface area (Å²) in [6, 6.07) is 9.55. The normalized spacial score (nSPS) is 25.3. The summed E-state index contributed by atoms with van der Waals surface area (Å²) in [5.74, 6) is 3.48. The standard InChI is InChI=1S/C37H50O3S/c1-7-12-28-14-10-11-15-34(28)37(41,31-17-25(5)35(27(9-3)19-31)39-21-30-16-24(30)4)32-18-26(6)36(29(20-32)13-8-2)40-23-33-22-38-33/h7,12,17-20,28,30,33-34,41H,4,8-11,13-16,21-23H2,1-3,5-6H3/b12-7+. The quantitative estimate of drug-likeness (QED) is 0.147. The Morgan fingerprint density at radius 2 is 1.59 bits per heavy atom. The van der Waals surface area contributed by atoms with Crippen LogP contribution in [-0.2, 0) is 22.3 Å². The summed E-state index contributed by atoms with van der Waals surface area (Å²) in [5, 5.41) is 0. The number of hydrogen-bond donors (Lipinski definition) is 1. The van der Waals surface area contributed by atoms with Gasteiger partial charge in [-0.2, -0.15) is 12.6 Å². The van der Waals surface area contributed by atoms with Gasteiger partial charge in [-0.1, -0.05) is 81.7 Å². The fraction of sp³-hybridized carbons (Fsp3) is 0.568. The molecule has 1 saturated heterocycles. The fourth-order valence-corrected chi connectivity index (χ4v) is 7.55. The van der Waals surface area contributed by atoms with Crippen molar-refractivity contribution in [1.29, 1.82) is 0 Å². The summed E-state index contributed by atoms with van der Waals surface area (Å²) < 4.78 is 17.8. The van der Waals surface area contributed by atoms with Crippen LogP contribution in [0.15, 0.2) is 48.6 Å². The molecule has 2 aliphatic carbocycles. The van der Waals surface area contributed by atoms with Gasteiger partial charge in [0.2, 0.25) is 0 Å². The number of aryl methyl sites for hydroxylation is 4. The van der Waals surface area contributed by atoms with Crippen LogP contribution in [-0.4, -0.2) is 25.9 Å². The maximum atomic E-state index is 6.45. The van der Waals surface area contributed by atoms with Gasteiger partial charge in [-0.3, -0.25) is 0 Å². The lowest BCUT2D eigenvalue weighted by atomic mass is 9.66. The first-order valence-electron chi connectivity index (χ1n) is 16.0. The monoisotopic (exact) mass is 574 g/mol. The van der Waals surface area contributed by atoms with E-state index in [1.54, 1.807) is 0 Å². The van der Waals surface area contributed by atoms with E-state index < -0.39 is 4.75 Å². The first-order chi connectivity index (χ1) is 19.8. The van der Waals surface area contributed by atoms with Gasteiger partial charge in [0.1, 0.15) is 24.2 Å². The number of allylic oxidation sites excluding steroid dienone is 2. The van der Waals surface area contributed by atoms with E-state index in [1.807, 2.05) is 0 Å². The first-order valence-corrected chi connectivity index (χ1v) is 16.4. The molecule has 222 valence electrons. The fourth-order valence-electron chi connectivity index (χ4n) is 6.97. The van der Waals surface area contributed by atoms with Crippen LogP contribution in [0.25, 0.3) is 0 Å². The van der Waals surface area contributed by atoms with Gasteiger partial charge in [0, 0.05) is 5.92 Å².